The maximum atomic E-state index is 13.6. The molecule has 1 aromatic rings. The molecule has 0 atom stereocenters. The number of piperidine rings is 1. The summed E-state index contributed by atoms with van der Waals surface area (Å²) in [6, 6.07) is 7.22. The van der Waals surface area contributed by atoms with Crippen molar-refractivity contribution in [2.75, 3.05) is 40.4 Å². The summed E-state index contributed by atoms with van der Waals surface area (Å²) < 4.78 is 9.92. The lowest BCUT2D eigenvalue weighted by atomic mass is 9.85. The van der Waals surface area contributed by atoms with Gasteiger partial charge in [-0.25, -0.2) is 4.79 Å². The van der Waals surface area contributed by atoms with Crippen LogP contribution in [0, 0.1) is 5.92 Å². The molecule has 31 heavy (non-hydrogen) atoms. The van der Waals surface area contributed by atoms with Crippen molar-refractivity contribution in [1.29, 1.82) is 0 Å². The van der Waals surface area contributed by atoms with Crippen molar-refractivity contribution in [3.8, 4) is 5.75 Å². The highest BCUT2D eigenvalue weighted by Crippen LogP contribution is 2.38. The Balaban J connectivity index is 1.75. The van der Waals surface area contributed by atoms with Crippen LogP contribution in [0.5, 0.6) is 5.75 Å². The van der Waals surface area contributed by atoms with E-state index in [4.69, 9.17) is 9.47 Å². The molecule has 170 valence electrons. The van der Waals surface area contributed by atoms with Crippen LogP contribution in [-0.4, -0.2) is 78.5 Å². The van der Waals surface area contributed by atoms with E-state index in [0.717, 1.165) is 11.3 Å². The van der Waals surface area contributed by atoms with E-state index in [2.05, 4.69) is 18.7 Å². The summed E-state index contributed by atoms with van der Waals surface area (Å²) in [6.45, 7) is 6.86. The van der Waals surface area contributed by atoms with Crippen molar-refractivity contribution in [2.45, 2.75) is 45.2 Å². The average molecular weight is 432 g/mol. The third kappa shape index (κ3) is 4.84. The molecule has 1 spiro atoms. The number of carbonyl (C=O) groups excluding carboxylic acids is 3. The second-order valence-corrected chi connectivity index (χ2v) is 8.73. The fraction of sp³-hybridized carbons (Fsp3) is 0.609. The summed E-state index contributed by atoms with van der Waals surface area (Å²) in [6.07, 6.45) is 1.48. The van der Waals surface area contributed by atoms with Crippen LogP contribution < -0.4 is 4.74 Å². The van der Waals surface area contributed by atoms with E-state index in [1.165, 1.54) is 12.0 Å². The summed E-state index contributed by atoms with van der Waals surface area (Å²) in [4.78, 5) is 43.7. The lowest BCUT2D eigenvalue weighted by Gasteiger charge is -2.42. The predicted octanol–water partition coefficient (Wildman–Crippen LogP) is 2.51. The Morgan fingerprint density at radius 1 is 1.10 bits per heavy atom. The standard InChI is InChI=1S/C23H33N3O5/c1-17(2)15-26-22(29)25(16-18-5-7-19(30-3)8-6-18)21(28)23(26)10-13-24(14-11-23)12-9-20(27)31-4/h5-8,17H,9-16H2,1-4H3. The number of hydrogen-bond donors (Lipinski definition) is 0. The van der Waals surface area contributed by atoms with Crippen molar-refractivity contribution in [3.63, 3.8) is 0 Å². The number of amides is 3. The van der Waals surface area contributed by atoms with Crippen molar-refractivity contribution in [2.24, 2.45) is 5.92 Å². The molecule has 0 unspecified atom stereocenters. The highest BCUT2D eigenvalue weighted by molar-refractivity contribution is 6.07. The number of rotatable bonds is 8. The highest BCUT2D eigenvalue weighted by atomic mass is 16.5. The van der Waals surface area contributed by atoms with Crippen molar-refractivity contribution >= 4 is 17.9 Å². The summed E-state index contributed by atoms with van der Waals surface area (Å²) in [5, 5.41) is 0. The van der Waals surface area contributed by atoms with E-state index in [9.17, 15) is 14.4 Å². The quantitative estimate of drug-likeness (QED) is 0.465. The average Bonchev–Trinajstić information content (AvgIpc) is 2.95. The summed E-state index contributed by atoms with van der Waals surface area (Å²) in [5.74, 6) is 0.646. The number of methoxy groups -OCH3 is 2. The number of nitrogens with zero attached hydrogens (tertiary/aromatic N) is 3. The predicted molar refractivity (Wildman–Crippen MR) is 116 cm³/mol. The minimum atomic E-state index is -0.796. The number of ether oxygens (including phenoxy) is 2. The number of hydrogen-bond acceptors (Lipinski definition) is 6. The van der Waals surface area contributed by atoms with E-state index < -0.39 is 5.54 Å². The minimum Gasteiger partial charge on any atom is -0.497 e. The molecule has 2 aliphatic rings. The Morgan fingerprint density at radius 3 is 2.29 bits per heavy atom. The second kappa shape index (κ2) is 9.68. The SMILES string of the molecule is COC(=O)CCN1CCC2(CC1)C(=O)N(Cc1ccc(OC)cc1)C(=O)N2CC(C)C. The first kappa shape index (κ1) is 23.1. The molecule has 0 saturated carbocycles. The third-order valence-electron chi connectivity index (χ3n) is 6.21. The number of carbonyl (C=O) groups is 3. The van der Waals surface area contributed by atoms with E-state index >= 15 is 0 Å². The molecule has 2 aliphatic heterocycles. The van der Waals surface area contributed by atoms with Gasteiger partial charge in [-0.05, 0) is 36.5 Å². The molecule has 0 aromatic heterocycles. The monoisotopic (exact) mass is 431 g/mol. The molecule has 1 aromatic carbocycles. The van der Waals surface area contributed by atoms with Gasteiger partial charge in [0, 0.05) is 26.2 Å². The number of esters is 1. The van der Waals surface area contributed by atoms with Crippen molar-refractivity contribution in [3.05, 3.63) is 29.8 Å². The summed E-state index contributed by atoms with van der Waals surface area (Å²) in [7, 11) is 2.99. The van der Waals surface area contributed by atoms with Gasteiger partial charge in [-0.3, -0.25) is 14.5 Å². The molecule has 0 radical (unpaired) electrons. The largest absolute Gasteiger partial charge is 0.497 e. The van der Waals surface area contributed by atoms with E-state index in [1.807, 2.05) is 24.3 Å². The van der Waals surface area contributed by atoms with Gasteiger partial charge in [0.15, 0.2) is 0 Å². The number of benzene rings is 1. The maximum absolute atomic E-state index is 13.6. The van der Waals surface area contributed by atoms with Crippen molar-refractivity contribution in [1.82, 2.24) is 14.7 Å². The zero-order valence-corrected chi connectivity index (χ0v) is 18.9. The van der Waals surface area contributed by atoms with Crippen LogP contribution in [0.4, 0.5) is 4.79 Å². The fourth-order valence-corrected chi connectivity index (χ4v) is 4.44. The number of imide groups is 1. The van der Waals surface area contributed by atoms with Crippen LogP contribution in [0.15, 0.2) is 24.3 Å². The van der Waals surface area contributed by atoms with Gasteiger partial charge in [0.05, 0.1) is 27.2 Å². The first-order chi connectivity index (χ1) is 14.8. The molecule has 2 heterocycles. The molecule has 0 N–H and O–H groups in total. The lowest BCUT2D eigenvalue weighted by Crippen LogP contribution is -2.57. The van der Waals surface area contributed by atoms with Gasteiger partial charge >= 0.3 is 12.0 Å². The second-order valence-electron chi connectivity index (χ2n) is 8.73. The molecular weight excluding hydrogens is 398 g/mol. The molecule has 2 fully saturated rings. The van der Waals surface area contributed by atoms with Crippen LogP contribution in [0.3, 0.4) is 0 Å². The molecule has 2 saturated heterocycles. The molecule has 8 nitrogen and oxygen atoms in total. The number of likely N-dealkylation sites (tertiary alicyclic amines) is 1. The highest BCUT2D eigenvalue weighted by Gasteiger charge is 2.57. The van der Waals surface area contributed by atoms with Crippen LogP contribution in [0.25, 0.3) is 0 Å². The van der Waals surface area contributed by atoms with Gasteiger partial charge in [0.1, 0.15) is 11.3 Å². The first-order valence-electron chi connectivity index (χ1n) is 10.9. The molecule has 3 amide bonds. The molecular formula is C23H33N3O5. The summed E-state index contributed by atoms with van der Waals surface area (Å²) >= 11 is 0. The van der Waals surface area contributed by atoms with Gasteiger partial charge in [0.2, 0.25) is 0 Å². The van der Waals surface area contributed by atoms with E-state index in [0.29, 0.717) is 45.4 Å². The van der Waals surface area contributed by atoms with Crippen molar-refractivity contribution < 1.29 is 23.9 Å². The fourth-order valence-electron chi connectivity index (χ4n) is 4.44. The van der Waals surface area contributed by atoms with Crippen LogP contribution in [-0.2, 0) is 20.9 Å². The third-order valence-corrected chi connectivity index (χ3v) is 6.21. The van der Waals surface area contributed by atoms with E-state index in [-0.39, 0.29) is 30.4 Å². The Hall–Kier alpha value is -2.61. The molecule has 0 aliphatic carbocycles. The van der Waals surface area contributed by atoms with Crippen LogP contribution in [0.1, 0.15) is 38.7 Å². The minimum absolute atomic E-state index is 0.110. The smallest absolute Gasteiger partial charge is 0.327 e. The zero-order valence-electron chi connectivity index (χ0n) is 18.9. The topological polar surface area (TPSA) is 79.4 Å². The lowest BCUT2D eigenvalue weighted by molar-refractivity contribution is -0.142. The van der Waals surface area contributed by atoms with Gasteiger partial charge in [0.25, 0.3) is 5.91 Å². The van der Waals surface area contributed by atoms with Gasteiger partial charge in [-0.15, -0.1) is 0 Å². The van der Waals surface area contributed by atoms with E-state index in [1.54, 1.807) is 12.0 Å². The summed E-state index contributed by atoms with van der Waals surface area (Å²) in [5.41, 5.74) is 0.0924. The normalized spacial score (nSPS) is 18.9. The molecule has 3 rings (SSSR count). The van der Waals surface area contributed by atoms with Crippen LogP contribution in [0.2, 0.25) is 0 Å². The zero-order chi connectivity index (χ0) is 22.6. The Labute approximate surface area is 184 Å². The Morgan fingerprint density at radius 2 is 1.74 bits per heavy atom. The van der Waals surface area contributed by atoms with Gasteiger partial charge < -0.3 is 19.3 Å². The first-order valence-corrected chi connectivity index (χ1v) is 10.9. The molecule has 0 bridgehead atoms. The maximum Gasteiger partial charge on any atom is 0.327 e. The van der Waals surface area contributed by atoms with Crippen LogP contribution >= 0.6 is 0 Å². The van der Waals surface area contributed by atoms with Gasteiger partial charge in [-0.2, -0.15) is 0 Å². The Kier molecular flexibility index (Phi) is 7.20. The number of urea groups is 1. The molecule has 8 heteroatoms. The van der Waals surface area contributed by atoms with Gasteiger partial charge in [-0.1, -0.05) is 26.0 Å². The Bertz CT molecular complexity index is 800.